The third-order valence-corrected chi connectivity index (χ3v) is 5.99. The smallest absolute Gasteiger partial charge is 0.338 e. The van der Waals surface area contributed by atoms with Gasteiger partial charge in [-0.05, 0) is 80.9 Å². The maximum Gasteiger partial charge on any atom is 0.338 e. The van der Waals surface area contributed by atoms with Gasteiger partial charge in [0.05, 0.1) is 17.7 Å². The molecule has 0 heterocycles. The molecule has 4 saturated carbocycles. The first-order valence-corrected chi connectivity index (χ1v) is 9.12. The molecule has 4 aliphatic carbocycles. The van der Waals surface area contributed by atoms with E-state index in [1.165, 1.54) is 32.1 Å². The highest BCUT2D eigenvalue weighted by atomic mass is 16.5. The zero-order chi connectivity index (χ0) is 16.7. The summed E-state index contributed by atoms with van der Waals surface area (Å²) < 4.78 is 10.9. The fourth-order valence-electron chi connectivity index (χ4n) is 5.25. The summed E-state index contributed by atoms with van der Waals surface area (Å²) >= 11 is 0. The molecule has 0 saturated heterocycles. The lowest BCUT2D eigenvalue weighted by atomic mass is 9.55. The van der Waals surface area contributed by atoms with Gasteiger partial charge in [-0.1, -0.05) is 6.07 Å². The Balaban J connectivity index is 1.47. The summed E-state index contributed by atoms with van der Waals surface area (Å²) in [5.41, 5.74) is 0.839. The summed E-state index contributed by atoms with van der Waals surface area (Å²) in [7, 11) is 0. The van der Waals surface area contributed by atoms with Crippen LogP contribution in [0.3, 0.4) is 0 Å². The predicted molar refractivity (Wildman–Crippen MR) is 88.6 cm³/mol. The number of benzene rings is 1. The van der Waals surface area contributed by atoms with E-state index >= 15 is 0 Å². The van der Waals surface area contributed by atoms with Gasteiger partial charge in [-0.25, -0.2) is 9.59 Å². The first kappa shape index (κ1) is 15.7. The number of carbonyl (C=O) groups excluding carboxylic acids is 2. The Morgan fingerprint density at radius 3 is 2.12 bits per heavy atom. The fourth-order valence-corrected chi connectivity index (χ4v) is 5.25. The Morgan fingerprint density at radius 1 is 0.958 bits per heavy atom. The molecule has 4 aliphatic rings. The molecule has 0 aromatic heterocycles. The van der Waals surface area contributed by atoms with Crippen molar-refractivity contribution in [2.75, 3.05) is 6.61 Å². The molecule has 0 aliphatic heterocycles. The van der Waals surface area contributed by atoms with Crippen LogP contribution in [-0.2, 0) is 9.47 Å². The molecular formula is C20H24O4. The lowest BCUT2D eigenvalue weighted by Gasteiger charge is -2.53. The van der Waals surface area contributed by atoms with Gasteiger partial charge in [0.15, 0.2) is 0 Å². The topological polar surface area (TPSA) is 52.6 Å². The first-order chi connectivity index (χ1) is 11.6. The third-order valence-electron chi connectivity index (χ3n) is 5.99. The van der Waals surface area contributed by atoms with E-state index in [-0.39, 0.29) is 12.1 Å². The van der Waals surface area contributed by atoms with Crippen LogP contribution in [0.25, 0.3) is 0 Å². The zero-order valence-electron chi connectivity index (χ0n) is 14.1. The molecule has 1 aromatic carbocycles. The first-order valence-electron chi connectivity index (χ1n) is 9.12. The van der Waals surface area contributed by atoms with E-state index in [0.717, 1.165) is 11.8 Å². The van der Waals surface area contributed by atoms with E-state index in [0.29, 0.717) is 29.6 Å². The van der Waals surface area contributed by atoms with E-state index in [9.17, 15) is 9.59 Å². The van der Waals surface area contributed by atoms with Crippen molar-refractivity contribution in [1.82, 2.24) is 0 Å². The molecule has 0 atom stereocenters. The lowest BCUT2D eigenvalue weighted by molar-refractivity contribution is -0.101. The number of hydrogen-bond donors (Lipinski definition) is 0. The predicted octanol–water partition coefficient (Wildman–Crippen LogP) is 3.84. The van der Waals surface area contributed by atoms with E-state index in [1.54, 1.807) is 31.2 Å². The van der Waals surface area contributed by atoms with Gasteiger partial charge in [-0.15, -0.1) is 0 Å². The van der Waals surface area contributed by atoms with Crippen LogP contribution in [0.5, 0.6) is 0 Å². The lowest BCUT2D eigenvalue weighted by Crippen LogP contribution is -2.50. The highest BCUT2D eigenvalue weighted by Crippen LogP contribution is 2.54. The van der Waals surface area contributed by atoms with Gasteiger partial charge in [-0.3, -0.25) is 0 Å². The molecule has 0 spiro atoms. The molecule has 0 N–H and O–H groups in total. The molecule has 128 valence electrons. The summed E-state index contributed by atoms with van der Waals surface area (Å²) in [5.74, 6) is 2.08. The maximum atomic E-state index is 12.6. The Labute approximate surface area is 142 Å². The minimum Gasteiger partial charge on any atom is -0.462 e. The van der Waals surface area contributed by atoms with Gasteiger partial charge in [0, 0.05) is 0 Å². The van der Waals surface area contributed by atoms with Crippen molar-refractivity contribution in [3.05, 3.63) is 35.4 Å². The molecule has 1 aromatic rings. The number of rotatable bonds is 4. The Kier molecular flexibility index (Phi) is 4.07. The summed E-state index contributed by atoms with van der Waals surface area (Å²) in [5, 5.41) is 0. The van der Waals surface area contributed by atoms with Crippen LogP contribution in [0.2, 0.25) is 0 Å². The van der Waals surface area contributed by atoms with Crippen LogP contribution >= 0.6 is 0 Å². The molecule has 0 unspecified atom stereocenters. The van der Waals surface area contributed by atoms with Gasteiger partial charge < -0.3 is 9.47 Å². The average molecular weight is 328 g/mol. The van der Waals surface area contributed by atoms with Crippen molar-refractivity contribution < 1.29 is 19.1 Å². The van der Waals surface area contributed by atoms with Gasteiger partial charge in [-0.2, -0.15) is 0 Å². The minimum absolute atomic E-state index is 0.0662. The molecule has 0 radical (unpaired) electrons. The van der Waals surface area contributed by atoms with Crippen molar-refractivity contribution in [3.63, 3.8) is 0 Å². The van der Waals surface area contributed by atoms with E-state index in [1.807, 2.05) is 0 Å². The van der Waals surface area contributed by atoms with Crippen molar-refractivity contribution in [3.8, 4) is 0 Å². The van der Waals surface area contributed by atoms with Crippen LogP contribution < -0.4 is 0 Å². The van der Waals surface area contributed by atoms with Gasteiger partial charge in [0.2, 0.25) is 0 Å². The standard InChI is InChI=1S/C20H24O4/c1-2-23-19(21)14-4-3-5-15(11-14)20(22)24-18-16-7-12-6-13(9-16)10-17(18)8-12/h3-5,11-13,16-18H,2,6-10H2,1H3. The summed E-state index contributed by atoms with van der Waals surface area (Å²) in [6.45, 7) is 2.09. The summed E-state index contributed by atoms with van der Waals surface area (Å²) in [6.07, 6.45) is 6.31. The van der Waals surface area contributed by atoms with Gasteiger partial charge in [0.25, 0.3) is 0 Å². The van der Waals surface area contributed by atoms with Crippen LogP contribution in [0, 0.1) is 23.7 Å². The second-order valence-electron chi connectivity index (χ2n) is 7.60. The SMILES string of the molecule is CCOC(=O)c1cccc(C(=O)OC2C3CC4CC(C3)CC2C4)c1. The number of carbonyl (C=O) groups is 2. The van der Waals surface area contributed by atoms with Crippen LogP contribution in [-0.4, -0.2) is 24.6 Å². The molecule has 5 rings (SSSR count). The van der Waals surface area contributed by atoms with Gasteiger partial charge in [0.1, 0.15) is 6.10 Å². The highest BCUT2D eigenvalue weighted by molar-refractivity contribution is 5.95. The molecule has 0 amide bonds. The average Bonchev–Trinajstić information content (AvgIpc) is 2.57. The van der Waals surface area contributed by atoms with Crippen molar-refractivity contribution in [2.45, 2.75) is 45.1 Å². The second-order valence-corrected chi connectivity index (χ2v) is 7.60. The summed E-state index contributed by atoms with van der Waals surface area (Å²) in [4.78, 5) is 24.4. The van der Waals surface area contributed by atoms with Crippen molar-refractivity contribution >= 4 is 11.9 Å². The molecule has 4 heteroatoms. The third kappa shape index (κ3) is 2.83. The maximum absolute atomic E-state index is 12.6. The largest absolute Gasteiger partial charge is 0.462 e. The number of esters is 2. The zero-order valence-corrected chi connectivity index (χ0v) is 14.1. The number of ether oxygens (including phenoxy) is 2. The van der Waals surface area contributed by atoms with Crippen molar-refractivity contribution in [2.24, 2.45) is 23.7 Å². The molecule has 4 bridgehead atoms. The molecule has 4 nitrogen and oxygen atoms in total. The quantitative estimate of drug-likeness (QED) is 0.788. The normalized spacial score (nSPS) is 33.3. The Bertz CT molecular complexity index is 623. The molecular weight excluding hydrogens is 304 g/mol. The van der Waals surface area contributed by atoms with E-state index < -0.39 is 5.97 Å². The summed E-state index contributed by atoms with van der Waals surface area (Å²) in [6, 6.07) is 6.66. The number of hydrogen-bond acceptors (Lipinski definition) is 4. The monoisotopic (exact) mass is 328 g/mol. The van der Waals surface area contributed by atoms with E-state index in [2.05, 4.69) is 0 Å². The van der Waals surface area contributed by atoms with E-state index in [4.69, 9.17) is 9.47 Å². The highest BCUT2D eigenvalue weighted by Gasteiger charge is 2.49. The Hall–Kier alpha value is -1.84. The molecule has 24 heavy (non-hydrogen) atoms. The second kappa shape index (κ2) is 6.23. The fraction of sp³-hybridized carbons (Fsp3) is 0.600. The minimum atomic E-state index is -0.401. The Morgan fingerprint density at radius 2 is 1.54 bits per heavy atom. The van der Waals surface area contributed by atoms with Crippen LogP contribution in [0.15, 0.2) is 24.3 Å². The van der Waals surface area contributed by atoms with Crippen molar-refractivity contribution in [1.29, 1.82) is 0 Å². The van der Waals surface area contributed by atoms with Crippen LogP contribution in [0.4, 0.5) is 0 Å². The van der Waals surface area contributed by atoms with Gasteiger partial charge >= 0.3 is 11.9 Å². The molecule has 4 fully saturated rings. The van der Waals surface area contributed by atoms with Crippen LogP contribution in [0.1, 0.15) is 59.7 Å².